The van der Waals surface area contributed by atoms with Crippen molar-refractivity contribution in [1.29, 1.82) is 0 Å². The average molecular weight is 402 g/mol. The van der Waals surface area contributed by atoms with Gasteiger partial charge in [0.15, 0.2) is 0 Å². The van der Waals surface area contributed by atoms with Gasteiger partial charge in [-0.1, -0.05) is 75.4 Å². The SMILES string of the molecule is CCC(C)(OC(=O)C(C)C)C(=O)OCc1ccc2ccc3cccc4ccc1c2c34. The first-order chi connectivity index (χ1) is 14.3. The van der Waals surface area contributed by atoms with E-state index in [4.69, 9.17) is 9.47 Å². The predicted octanol–water partition coefficient (Wildman–Crippen LogP) is 6.00. The van der Waals surface area contributed by atoms with Crippen LogP contribution in [0.2, 0.25) is 0 Å². The smallest absolute Gasteiger partial charge is 0.350 e. The molecular weight excluding hydrogens is 376 g/mol. The van der Waals surface area contributed by atoms with Gasteiger partial charge >= 0.3 is 11.9 Å². The van der Waals surface area contributed by atoms with Crippen LogP contribution >= 0.6 is 0 Å². The van der Waals surface area contributed by atoms with E-state index in [-0.39, 0.29) is 12.5 Å². The Hall–Kier alpha value is -3.14. The fourth-order valence-corrected chi connectivity index (χ4v) is 3.82. The Morgan fingerprint density at radius 2 is 1.50 bits per heavy atom. The molecule has 0 heterocycles. The molecule has 4 nitrogen and oxygen atoms in total. The standard InChI is InChI=1S/C26H26O4/c1-5-26(4,30-24(27)16(2)3)25(28)29-15-20-12-11-19-10-9-17-7-6-8-18-13-14-21(20)23(19)22(17)18/h6-14,16H,5,15H2,1-4H3. The van der Waals surface area contributed by atoms with Gasteiger partial charge in [0, 0.05) is 0 Å². The minimum Gasteiger partial charge on any atom is -0.458 e. The van der Waals surface area contributed by atoms with Gasteiger partial charge in [0.25, 0.3) is 0 Å². The molecule has 4 aromatic rings. The zero-order valence-corrected chi connectivity index (χ0v) is 17.8. The van der Waals surface area contributed by atoms with Crippen molar-refractivity contribution in [1.82, 2.24) is 0 Å². The van der Waals surface area contributed by atoms with E-state index in [1.807, 2.05) is 13.0 Å². The molecule has 0 bridgehead atoms. The van der Waals surface area contributed by atoms with E-state index in [1.165, 1.54) is 21.5 Å². The molecule has 4 rings (SSSR count). The molecule has 0 aromatic heterocycles. The molecule has 0 amide bonds. The Kier molecular flexibility index (Phi) is 5.10. The summed E-state index contributed by atoms with van der Waals surface area (Å²) in [6, 6.07) is 18.8. The van der Waals surface area contributed by atoms with Gasteiger partial charge in [0.2, 0.25) is 5.60 Å². The quantitative estimate of drug-likeness (QED) is 0.293. The Morgan fingerprint density at radius 1 is 0.900 bits per heavy atom. The molecule has 0 saturated heterocycles. The lowest BCUT2D eigenvalue weighted by atomic mass is 9.92. The van der Waals surface area contributed by atoms with Crippen molar-refractivity contribution in [3.63, 3.8) is 0 Å². The number of carbonyl (C=O) groups is 2. The van der Waals surface area contributed by atoms with Crippen LogP contribution in [-0.2, 0) is 25.7 Å². The molecule has 0 spiro atoms. The number of rotatable bonds is 6. The summed E-state index contributed by atoms with van der Waals surface area (Å²) >= 11 is 0. The highest BCUT2D eigenvalue weighted by molar-refractivity contribution is 6.23. The van der Waals surface area contributed by atoms with Gasteiger partial charge in [-0.05, 0) is 51.2 Å². The summed E-state index contributed by atoms with van der Waals surface area (Å²) in [4.78, 5) is 24.8. The van der Waals surface area contributed by atoms with Crippen LogP contribution < -0.4 is 0 Å². The molecule has 0 fully saturated rings. The minimum absolute atomic E-state index is 0.127. The maximum atomic E-state index is 12.8. The Bertz CT molecular complexity index is 1220. The highest BCUT2D eigenvalue weighted by Crippen LogP contribution is 2.36. The van der Waals surface area contributed by atoms with Gasteiger partial charge in [-0.3, -0.25) is 4.79 Å². The lowest BCUT2D eigenvalue weighted by Crippen LogP contribution is -2.42. The molecule has 4 aromatic carbocycles. The van der Waals surface area contributed by atoms with Crippen molar-refractivity contribution in [3.05, 3.63) is 60.2 Å². The third kappa shape index (κ3) is 3.36. The van der Waals surface area contributed by atoms with Crippen LogP contribution in [-0.4, -0.2) is 17.5 Å². The zero-order chi connectivity index (χ0) is 21.5. The van der Waals surface area contributed by atoms with E-state index < -0.39 is 17.5 Å². The topological polar surface area (TPSA) is 52.6 Å². The fraction of sp³-hybridized carbons (Fsp3) is 0.308. The molecular formula is C26H26O4. The average Bonchev–Trinajstić information content (AvgIpc) is 2.75. The molecule has 0 saturated carbocycles. The summed E-state index contributed by atoms with van der Waals surface area (Å²) in [6.07, 6.45) is 0.350. The van der Waals surface area contributed by atoms with Crippen molar-refractivity contribution in [2.45, 2.75) is 46.3 Å². The summed E-state index contributed by atoms with van der Waals surface area (Å²) < 4.78 is 11.1. The summed E-state index contributed by atoms with van der Waals surface area (Å²) in [5.74, 6) is -1.23. The van der Waals surface area contributed by atoms with Crippen LogP contribution in [0, 0.1) is 5.92 Å². The first-order valence-electron chi connectivity index (χ1n) is 10.4. The summed E-state index contributed by atoms with van der Waals surface area (Å²) in [7, 11) is 0. The molecule has 4 heteroatoms. The largest absolute Gasteiger partial charge is 0.458 e. The number of ether oxygens (including phenoxy) is 2. The second-order valence-electron chi connectivity index (χ2n) is 8.32. The van der Waals surface area contributed by atoms with E-state index in [0.717, 1.165) is 16.3 Å². The van der Waals surface area contributed by atoms with E-state index in [2.05, 4.69) is 48.5 Å². The van der Waals surface area contributed by atoms with Gasteiger partial charge < -0.3 is 9.47 Å². The monoisotopic (exact) mass is 402 g/mol. The summed E-state index contributed by atoms with van der Waals surface area (Å²) in [5, 5.41) is 7.03. The number of carbonyl (C=O) groups excluding carboxylic acids is 2. The van der Waals surface area contributed by atoms with Crippen LogP contribution in [0.15, 0.2) is 54.6 Å². The second-order valence-corrected chi connectivity index (χ2v) is 8.32. The van der Waals surface area contributed by atoms with E-state index in [1.54, 1.807) is 20.8 Å². The molecule has 0 aliphatic carbocycles. The van der Waals surface area contributed by atoms with Crippen molar-refractivity contribution < 1.29 is 19.1 Å². The molecule has 154 valence electrons. The Labute approximate surface area is 176 Å². The Balaban J connectivity index is 1.66. The van der Waals surface area contributed by atoms with Crippen LogP contribution in [0.1, 0.15) is 39.7 Å². The van der Waals surface area contributed by atoms with Crippen molar-refractivity contribution in [2.24, 2.45) is 5.92 Å². The molecule has 1 atom stereocenters. The number of hydrogen-bond acceptors (Lipinski definition) is 4. The van der Waals surface area contributed by atoms with Crippen molar-refractivity contribution >= 4 is 44.3 Å². The molecule has 1 unspecified atom stereocenters. The Morgan fingerprint density at radius 3 is 2.13 bits per heavy atom. The highest BCUT2D eigenvalue weighted by atomic mass is 16.6. The second kappa shape index (κ2) is 7.60. The summed E-state index contributed by atoms with van der Waals surface area (Å²) in [5.41, 5.74) is -0.353. The third-order valence-corrected chi connectivity index (χ3v) is 5.88. The maximum Gasteiger partial charge on any atom is 0.350 e. The van der Waals surface area contributed by atoms with Crippen LogP contribution in [0.3, 0.4) is 0 Å². The normalized spacial score (nSPS) is 13.8. The van der Waals surface area contributed by atoms with Crippen LogP contribution in [0.4, 0.5) is 0 Å². The van der Waals surface area contributed by atoms with E-state index in [0.29, 0.717) is 6.42 Å². The van der Waals surface area contributed by atoms with Crippen molar-refractivity contribution in [3.8, 4) is 0 Å². The van der Waals surface area contributed by atoms with Crippen LogP contribution in [0.25, 0.3) is 32.3 Å². The van der Waals surface area contributed by atoms with Gasteiger partial charge in [-0.2, -0.15) is 0 Å². The number of hydrogen-bond donors (Lipinski definition) is 0. The highest BCUT2D eigenvalue weighted by Gasteiger charge is 2.38. The molecule has 0 N–H and O–H groups in total. The molecule has 30 heavy (non-hydrogen) atoms. The first-order valence-corrected chi connectivity index (χ1v) is 10.4. The van der Waals surface area contributed by atoms with Gasteiger partial charge in [-0.15, -0.1) is 0 Å². The lowest BCUT2D eigenvalue weighted by molar-refractivity contribution is -0.184. The molecule has 0 aliphatic heterocycles. The lowest BCUT2D eigenvalue weighted by Gasteiger charge is -2.27. The molecule has 0 radical (unpaired) electrons. The van der Waals surface area contributed by atoms with E-state index in [9.17, 15) is 9.59 Å². The van der Waals surface area contributed by atoms with Crippen molar-refractivity contribution in [2.75, 3.05) is 0 Å². The first kappa shape index (κ1) is 20.1. The maximum absolute atomic E-state index is 12.8. The van der Waals surface area contributed by atoms with E-state index >= 15 is 0 Å². The molecule has 0 aliphatic rings. The van der Waals surface area contributed by atoms with Crippen LogP contribution in [0.5, 0.6) is 0 Å². The van der Waals surface area contributed by atoms with Gasteiger partial charge in [0.1, 0.15) is 6.61 Å². The van der Waals surface area contributed by atoms with Gasteiger partial charge in [0.05, 0.1) is 5.92 Å². The number of benzene rings is 4. The third-order valence-electron chi connectivity index (χ3n) is 5.88. The fourth-order valence-electron chi connectivity index (χ4n) is 3.82. The minimum atomic E-state index is -1.29. The summed E-state index contributed by atoms with van der Waals surface area (Å²) in [6.45, 7) is 7.04. The number of esters is 2. The zero-order valence-electron chi connectivity index (χ0n) is 17.8. The predicted molar refractivity (Wildman–Crippen MR) is 120 cm³/mol. The van der Waals surface area contributed by atoms with Gasteiger partial charge in [-0.25, -0.2) is 4.79 Å².